The zero-order valence-corrected chi connectivity index (χ0v) is 20.1. The van der Waals surface area contributed by atoms with Gasteiger partial charge in [0.15, 0.2) is 0 Å². The van der Waals surface area contributed by atoms with E-state index in [9.17, 15) is 32.4 Å². The van der Waals surface area contributed by atoms with E-state index >= 15 is 0 Å². The number of hydrogen-bond acceptors (Lipinski definition) is 6. The summed E-state index contributed by atoms with van der Waals surface area (Å²) in [5.74, 6) is -0.211. The van der Waals surface area contributed by atoms with Gasteiger partial charge in [-0.1, -0.05) is 24.3 Å². The molecule has 1 saturated heterocycles. The van der Waals surface area contributed by atoms with E-state index in [1.54, 1.807) is 24.1 Å². The maximum Gasteiger partial charge on any atom is 0.276 e. The van der Waals surface area contributed by atoms with Crippen molar-refractivity contribution < 1.29 is 27.2 Å². The lowest BCUT2D eigenvalue weighted by molar-refractivity contribution is -0.385. The summed E-state index contributed by atoms with van der Waals surface area (Å²) in [5, 5.41) is 11.3. The SMILES string of the molecule is CN(C(=O)Cc1ccc(N(S(=O)O)S(=O)O)cc1)C(CN1CCCC1)c1cccc([N+](=O)[O-])c1. The van der Waals surface area contributed by atoms with Gasteiger partial charge in [0.2, 0.25) is 5.91 Å². The normalized spacial score (nSPS) is 16.6. The first-order valence-electron chi connectivity index (χ1n) is 10.5. The number of nitro benzene ring substituents is 1. The number of non-ortho nitro benzene ring substituents is 1. The molecule has 0 radical (unpaired) electrons. The van der Waals surface area contributed by atoms with Crippen LogP contribution in [-0.4, -0.2) is 64.8 Å². The highest BCUT2D eigenvalue weighted by molar-refractivity contribution is 7.99. The van der Waals surface area contributed by atoms with E-state index in [1.807, 2.05) is 0 Å². The van der Waals surface area contributed by atoms with E-state index < -0.39 is 27.5 Å². The standard InChI is InChI=1S/C21H26N4O7S2/c1-22(21(26)13-16-7-9-18(10-8-16)25(33(29)30)34(31)32)20(15-23-11-2-3-12-23)17-5-4-6-19(14-17)24(27)28/h4-10,14,20H,2-3,11-13,15H2,1H3,(H,29,30)(H,31,32). The smallest absolute Gasteiger partial charge is 0.276 e. The van der Waals surface area contributed by atoms with Gasteiger partial charge in [-0.2, -0.15) is 3.71 Å². The molecular formula is C21H26N4O7S2. The summed E-state index contributed by atoms with van der Waals surface area (Å²) >= 11 is -5.38. The van der Waals surface area contributed by atoms with Crippen LogP contribution in [0.5, 0.6) is 0 Å². The third-order valence-corrected chi connectivity index (χ3v) is 7.50. The van der Waals surface area contributed by atoms with E-state index in [0.29, 0.717) is 21.4 Å². The molecule has 1 aliphatic rings. The Hall–Kier alpha value is -2.71. The second kappa shape index (κ2) is 11.6. The highest BCUT2D eigenvalue weighted by Crippen LogP contribution is 2.27. The number of nitro groups is 1. The van der Waals surface area contributed by atoms with Crippen molar-refractivity contribution in [2.24, 2.45) is 0 Å². The summed E-state index contributed by atoms with van der Waals surface area (Å²) in [4.78, 5) is 27.8. The van der Waals surface area contributed by atoms with Crippen LogP contribution in [-0.2, 0) is 33.7 Å². The predicted molar refractivity (Wildman–Crippen MR) is 128 cm³/mol. The van der Waals surface area contributed by atoms with Gasteiger partial charge < -0.3 is 9.80 Å². The first-order chi connectivity index (χ1) is 16.2. The Morgan fingerprint density at radius 3 is 2.29 bits per heavy atom. The lowest BCUT2D eigenvalue weighted by Gasteiger charge is -2.32. The molecule has 1 aliphatic heterocycles. The lowest BCUT2D eigenvalue weighted by atomic mass is 10.0. The number of carbonyl (C=O) groups excluding carboxylic acids is 1. The minimum absolute atomic E-state index is 0.0205. The molecule has 184 valence electrons. The molecule has 3 atom stereocenters. The van der Waals surface area contributed by atoms with Gasteiger partial charge in [0, 0.05) is 25.7 Å². The molecule has 0 aromatic heterocycles. The number of rotatable bonds is 10. The Bertz CT molecular complexity index is 1060. The number of likely N-dealkylation sites (N-methyl/N-ethyl adjacent to an activating group) is 1. The van der Waals surface area contributed by atoms with Crippen LogP contribution >= 0.6 is 0 Å². The minimum Gasteiger partial charge on any atom is -0.337 e. The zero-order valence-electron chi connectivity index (χ0n) is 18.5. The van der Waals surface area contributed by atoms with Gasteiger partial charge in [-0.3, -0.25) is 24.0 Å². The maximum atomic E-state index is 13.1. The number of carbonyl (C=O) groups is 1. The molecule has 0 bridgehead atoms. The fourth-order valence-corrected chi connectivity index (χ4v) is 4.99. The van der Waals surface area contributed by atoms with Crippen LogP contribution in [0.3, 0.4) is 0 Å². The van der Waals surface area contributed by atoms with Crippen molar-refractivity contribution in [2.45, 2.75) is 25.3 Å². The Kier molecular flexibility index (Phi) is 8.85. The molecular weight excluding hydrogens is 484 g/mol. The van der Waals surface area contributed by atoms with Gasteiger partial charge in [-0.25, -0.2) is 8.42 Å². The molecule has 2 aromatic rings. The highest BCUT2D eigenvalue weighted by atomic mass is 32.3. The van der Waals surface area contributed by atoms with E-state index in [4.69, 9.17) is 0 Å². The fraction of sp³-hybridized carbons (Fsp3) is 0.381. The Morgan fingerprint density at radius 2 is 1.74 bits per heavy atom. The number of nitrogens with zero attached hydrogens (tertiary/aromatic N) is 4. The molecule has 1 heterocycles. The molecule has 3 unspecified atom stereocenters. The van der Waals surface area contributed by atoms with Crippen LogP contribution in [0.1, 0.15) is 30.0 Å². The average Bonchev–Trinajstić information content (AvgIpc) is 3.31. The number of hydrogen-bond donors (Lipinski definition) is 2. The predicted octanol–water partition coefficient (Wildman–Crippen LogP) is 2.51. The Balaban J connectivity index is 1.79. The summed E-state index contributed by atoms with van der Waals surface area (Å²) in [6.45, 7) is 2.37. The number of amides is 1. The van der Waals surface area contributed by atoms with Crippen LogP contribution in [0, 0.1) is 10.1 Å². The van der Waals surface area contributed by atoms with Crippen molar-refractivity contribution in [1.82, 2.24) is 9.80 Å². The van der Waals surface area contributed by atoms with Crippen LogP contribution in [0.2, 0.25) is 0 Å². The van der Waals surface area contributed by atoms with Crippen molar-refractivity contribution in [3.63, 3.8) is 0 Å². The molecule has 0 saturated carbocycles. The molecule has 2 N–H and O–H groups in total. The minimum atomic E-state index is -2.69. The molecule has 34 heavy (non-hydrogen) atoms. The highest BCUT2D eigenvalue weighted by Gasteiger charge is 2.27. The van der Waals surface area contributed by atoms with E-state index in [1.165, 1.54) is 36.4 Å². The molecule has 1 fully saturated rings. The molecule has 0 spiro atoms. The lowest BCUT2D eigenvalue weighted by Crippen LogP contribution is -2.39. The Labute approximate surface area is 202 Å². The molecule has 3 rings (SSSR count). The van der Waals surface area contributed by atoms with Crippen molar-refractivity contribution >= 4 is 39.8 Å². The van der Waals surface area contributed by atoms with Gasteiger partial charge in [0.25, 0.3) is 28.2 Å². The summed E-state index contributed by atoms with van der Waals surface area (Å²) < 4.78 is 41.4. The van der Waals surface area contributed by atoms with Gasteiger partial charge >= 0.3 is 0 Å². The summed E-state index contributed by atoms with van der Waals surface area (Å²) in [6.07, 6.45) is 2.16. The van der Waals surface area contributed by atoms with Crippen LogP contribution in [0.15, 0.2) is 48.5 Å². The van der Waals surface area contributed by atoms with Crippen LogP contribution < -0.4 is 3.71 Å². The fourth-order valence-electron chi connectivity index (χ4n) is 3.95. The van der Waals surface area contributed by atoms with E-state index in [-0.39, 0.29) is 29.7 Å². The molecule has 13 heteroatoms. The number of anilines is 1. The second-order valence-corrected chi connectivity index (χ2v) is 9.83. The summed E-state index contributed by atoms with van der Waals surface area (Å²) in [6, 6.07) is 11.8. The number of benzene rings is 2. The van der Waals surface area contributed by atoms with E-state index in [0.717, 1.165) is 25.9 Å². The first-order valence-corrected chi connectivity index (χ1v) is 12.6. The van der Waals surface area contributed by atoms with Crippen LogP contribution in [0.25, 0.3) is 0 Å². The Morgan fingerprint density at radius 1 is 1.12 bits per heavy atom. The monoisotopic (exact) mass is 510 g/mol. The quantitative estimate of drug-likeness (QED) is 0.282. The van der Waals surface area contributed by atoms with Crippen molar-refractivity contribution in [3.05, 3.63) is 69.8 Å². The second-order valence-electron chi connectivity index (χ2n) is 7.94. The average molecular weight is 511 g/mol. The molecule has 1 amide bonds. The third-order valence-electron chi connectivity index (χ3n) is 5.74. The summed E-state index contributed by atoms with van der Waals surface area (Å²) in [7, 11) is 1.67. The molecule has 11 nitrogen and oxygen atoms in total. The van der Waals surface area contributed by atoms with Crippen molar-refractivity contribution in [3.8, 4) is 0 Å². The van der Waals surface area contributed by atoms with E-state index in [2.05, 4.69) is 4.90 Å². The number of likely N-dealkylation sites (tertiary alicyclic amines) is 1. The van der Waals surface area contributed by atoms with Gasteiger partial charge in [-0.05, 0) is 49.2 Å². The summed E-state index contributed by atoms with van der Waals surface area (Å²) in [5.41, 5.74) is 1.30. The van der Waals surface area contributed by atoms with Crippen molar-refractivity contribution in [2.75, 3.05) is 30.4 Å². The topological polar surface area (TPSA) is 145 Å². The zero-order chi connectivity index (χ0) is 24.8. The van der Waals surface area contributed by atoms with Gasteiger partial charge in [-0.15, -0.1) is 0 Å². The van der Waals surface area contributed by atoms with Gasteiger partial charge in [0.05, 0.1) is 23.1 Å². The van der Waals surface area contributed by atoms with Crippen molar-refractivity contribution in [1.29, 1.82) is 0 Å². The molecule has 2 aromatic carbocycles. The molecule has 0 aliphatic carbocycles. The largest absolute Gasteiger partial charge is 0.337 e. The first kappa shape index (κ1) is 25.9. The maximum absolute atomic E-state index is 13.1. The van der Waals surface area contributed by atoms with Crippen LogP contribution in [0.4, 0.5) is 11.4 Å². The van der Waals surface area contributed by atoms with Gasteiger partial charge in [0.1, 0.15) is 0 Å². The third kappa shape index (κ3) is 6.45.